The Morgan fingerprint density at radius 3 is 2.57 bits per heavy atom. The van der Waals surface area contributed by atoms with Crippen molar-refractivity contribution in [2.75, 3.05) is 12.1 Å². The van der Waals surface area contributed by atoms with Gasteiger partial charge in [-0.3, -0.25) is 9.59 Å². The van der Waals surface area contributed by atoms with Crippen LogP contribution in [0, 0.1) is 0 Å². The van der Waals surface area contributed by atoms with E-state index in [0.717, 1.165) is 5.56 Å². The summed E-state index contributed by atoms with van der Waals surface area (Å²) in [4.78, 5) is 28.8. The van der Waals surface area contributed by atoms with E-state index in [1.165, 1.54) is 12.3 Å². The quantitative estimate of drug-likeness (QED) is 0.716. The van der Waals surface area contributed by atoms with Crippen molar-refractivity contribution < 1.29 is 19.1 Å². The van der Waals surface area contributed by atoms with Crippen molar-refractivity contribution >= 4 is 17.6 Å². The molecule has 4 rings (SSSR count). The van der Waals surface area contributed by atoms with Gasteiger partial charge >= 0.3 is 0 Å². The minimum Gasteiger partial charge on any atom is -0.454 e. The van der Waals surface area contributed by atoms with Crippen molar-refractivity contribution in [1.29, 1.82) is 0 Å². The molecule has 7 heteroatoms. The van der Waals surface area contributed by atoms with Crippen LogP contribution < -0.4 is 20.1 Å². The monoisotopic (exact) mass is 375 g/mol. The predicted octanol–water partition coefficient (Wildman–Crippen LogP) is 2.99. The number of nitrogens with one attached hydrogen (secondary N) is 2. The molecule has 0 radical (unpaired) electrons. The number of carbonyl (C=O) groups is 2. The molecule has 1 aliphatic rings. The summed E-state index contributed by atoms with van der Waals surface area (Å²) in [6.45, 7) is 0.545. The Labute approximate surface area is 161 Å². The molecule has 28 heavy (non-hydrogen) atoms. The summed E-state index contributed by atoms with van der Waals surface area (Å²) < 4.78 is 10.6. The van der Waals surface area contributed by atoms with E-state index in [9.17, 15) is 9.59 Å². The normalized spacial score (nSPS) is 11.7. The third-order valence-electron chi connectivity index (χ3n) is 4.19. The van der Waals surface area contributed by atoms with Crippen molar-refractivity contribution in [3.8, 4) is 11.5 Å². The maximum absolute atomic E-state index is 12.5. The molecule has 0 spiro atoms. The fourth-order valence-corrected chi connectivity index (χ4v) is 2.75. The summed E-state index contributed by atoms with van der Waals surface area (Å²) in [5, 5.41) is 5.54. The lowest BCUT2D eigenvalue weighted by Gasteiger charge is -2.08. The smallest absolute Gasteiger partial charge is 0.256 e. The topological polar surface area (TPSA) is 89.6 Å². The summed E-state index contributed by atoms with van der Waals surface area (Å²) in [5.74, 6) is 1.12. The van der Waals surface area contributed by atoms with Gasteiger partial charge in [-0.1, -0.05) is 24.3 Å². The Morgan fingerprint density at radius 2 is 1.71 bits per heavy atom. The van der Waals surface area contributed by atoms with Crippen LogP contribution in [-0.4, -0.2) is 23.6 Å². The summed E-state index contributed by atoms with van der Waals surface area (Å²) in [5.41, 5.74) is 1.81. The summed E-state index contributed by atoms with van der Waals surface area (Å²) in [6, 6.07) is 17.4. The minimum atomic E-state index is -0.286. The van der Waals surface area contributed by atoms with E-state index in [2.05, 4.69) is 15.6 Å². The highest BCUT2D eigenvalue weighted by atomic mass is 16.7. The van der Waals surface area contributed by atoms with Crippen LogP contribution in [0.1, 0.15) is 26.3 Å². The number of ether oxygens (including phenoxy) is 2. The van der Waals surface area contributed by atoms with Crippen molar-refractivity contribution in [2.45, 2.75) is 6.54 Å². The first kappa shape index (κ1) is 17.5. The van der Waals surface area contributed by atoms with E-state index in [4.69, 9.17) is 9.47 Å². The largest absolute Gasteiger partial charge is 0.454 e. The van der Waals surface area contributed by atoms with Gasteiger partial charge in [0.05, 0.1) is 0 Å². The van der Waals surface area contributed by atoms with E-state index in [1.807, 2.05) is 24.3 Å². The average Bonchev–Trinajstić information content (AvgIpc) is 3.20. The molecule has 0 unspecified atom stereocenters. The van der Waals surface area contributed by atoms with E-state index < -0.39 is 0 Å². The van der Waals surface area contributed by atoms with Crippen molar-refractivity contribution in [1.82, 2.24) is 10.3 Å². The zero-order valence-electron chi connectivity index (χ0n) is 14.8. The molecule has 0 aliphatic carbocycles. The number of fused-ring (bicyclic) bond motifs is 1. The Bertz CT molecular complexity index is 1020. The SMILES string of the molecule is O=C(NCc1ccc2c(c1)OCO2)c1ccnc(NC(=O)c2ccccc2)c1. The molecule has 2 heterocycles. The maximum Gasteiger partial charge on any atom is 0.256 e. The molecule has 2 aromatic carbocycles. The van der Waals surface area contributed by atoms with Crippen LogP contribution in [0.5, 0.6) is 11.5 Å². The van der Waals surface area contributed by atoms with Gasteiger partial charge in [0, 0.05) is 23.9 Å². The summed E-state index contributed by atoms with van der Waals surface area (Å²) >= 11 is 0. The van der Waals surface area contributed by atoms with E-state index in [0.29, 0.717) is 35.0 Å². The molecule has 0 bridgehead atoms. The standard InChI is InChI=1S/C21H17N3O4/c25-20(23-12-14-6-7-17-18(10-14)28-13-27-17)16-8-9-22-19(11-16)24-21(26)15-4-2-1-3-5-15/h1-11H,12-13H2,(H,23,25)(H,22,24,26). The molecule has 140 valence electrons. The fraction of sp³-hybridized carbons (Fsp3) is 0.0952. The zero-order chi connectivity index (χ0) is 19.3. The van der Waals surface area contributed by atoms with Crippen molar-refractivity contribution in [3.63, 3.8) is 0 Å². The van der Waals surface area contributed by atoms with Gasteiger partial charge in [-0.05, 0) is 42.0 Å². The molecule has 1 aromatic heterocycles. The summed E-state index contributed by atoms with van der Waals surface area (Å²) in [7, 11) is 0. The number of amides is 2. The van der Waals surface area contributed by atoms with Crippen LogP contribution in [0.25, 0.3) is 0 Å². The molecule has 7 nitrogen and oxygen atoms in total. The van der Waals surface area contributed by atoms with Crippen LogP contribution in [0.4, 0.5) is 5.82 Å². The lowest BCUT2D eigenvalue weighted by molar-refractivity contribution is 0.0949. The highest BCUT2D eigenvalue weighted by Gasteiger charge is 2.14. The first-order chi connectivity index (χ1) is 13.7. The predicted molar refractivity (Wildman–Crippen MR) is 102 cm³/mol. The highest BCUT2D eigenvalue weighted by molar-refractivity contribution is 6.04. The van der Waals surface area contributed by atoms with Crippen LogP contribution >= 0.6 is 0 Å². The van der Waals surface area contributed by atoms with Gasteiger partial charge in [-0.15, -0.1) is 0 Å². The molecule has 2 amide bonds. The minimum absolute atomic E-state index is 0.208. The van der Waals surface area contributed by atoms with E-state index >= 15 is 0 Å². The lowest BCUT2D eigenvalue weighted by Crippen LogP contribution is -2.23. The van der Waals surface area contributed by atoms with Crippen LogP contribution in [0.15, 0.2) is 66.9 Å². The number of hydrogen-bond acceptors (Lipinski definition) is 5. The number of hydrogen-bond donors (Lipinski definition) is 2. The number of benzene rings is 2. The number of rotatable bonds is 5. The van der Waals surface area contributed by atoms with E-state index in [-0.39, 0.29) is 18.6 Å². The zero-order valence-corrected chi connectivity index (χ0v) is 14.8. The first-order valence-electron chi connectivity index (χ1n) is 8.68. The number of anilines is 1. The molecule has 0 atom stereocenters. The molecule has 1 aliphatic heterocycles. The van der Waals surface area contributed by atoms with Gasteiger partial charge in [0.25, 0.3) is 11.8 Å². The van der Waals surface area contributed by atoms with Gasteiger partial charge in [0.1, 0.15) is 5.82 Å². The third-order valence-corrected chi connectivity index (χ3v) is 4.19. The lowest BCUT2D eigenvalue weighted by atomic mass is 10.2. The van der Waals surface area contributed by atoms with Gasteiger partial charge in [0.15, 0.2) is 11.5 Å². The molecular weight excluding hydrogens is 358 g/mol. The number of carbonyl (C=O) groups excluding carboxylic acids is 2. The van der Waals surface area contributed by atoms with Gasteiger partial charge in [-0.25, -0.2) is 4.98 Å². The number of pyridine rings is 1. The second-order valence-corrected chi connectivity index (χ2v) is 6.12. The van der Waals surface area contributed by atoms with Crippen LogP contribution in [-0.2, 0) is 6.54 Å². The second-order valence-electron chi connectivity index (χ2n) is 6.12. The number of aromatic nitrogens is 1. The van der Waals surface area contributed by atoms with Gasteiger partial charge < -0.3 is 20.1 Å². The Kier molecular flexibility index (Phi) is 4.88. The molecule has 0 saturated heterocycles. The van der Waals surface area contributed by atoms with Crippen LogP contribution in [0.2, 0.25) is 0 Å². The Morgan fingerprint density at radius 1 is 0.893 bits per heavy atom. The second kappa shape index (κ2) is 7.79. The summed E-state index contributed by atoms with van der Waals surface area (Å²) in [6.07, 6.45) is 1.48. The molecule has 2 N–H and O–H groups in total. The van der Waals surface area contributed by atoms with Crippen molar-refractivity contribution in [3.05, 3.63) is 83.6 Å². The van der Waals surface area contributed by atoms with Gasteiger partial charge in [-0.2, -0.15) is 0 Å². The van der Waals surface area contributed by atoms with Crippen molar-refractivity contribution in [2.24, 2.45) is 0 Å². The molecular formula is C21H17N3O4. The molecule has 3 aromatic rings. The maximum atomic E-state index is 12.5. The van der Waals surface area contributed by atoms with E-state index in [1.54, 1.807) is 30.3 Å². The average molecular weight is 375 g/mol. The Balaban J connectivity index is 1.39. The molecule has 0 fully saturated rings. The Hall–Kier alpha value is -3.87. The first-order valence-corrected chi connectivity index (χ1v) is 8.68. The third kappa shape index (κ3) is 3.93. The fourth-order valence-electron chi connectivity index (χ4n) is 2.75. The molecule has 0 saturated carbocycles. The van der Waals surface area contributed by atoms with Crippen LogP contribution in [0.3, 0.4) is 0 Å². The number of nitrogens with zero attached hydrogens (tertiary/aromatic N) is 1. The highest BCUT2D eigenvalue weighted by Crippen LogP contribution is 2.32. The van der Waals surface area contributed by atoms with Gasteiger partial charge in [0.2, 0.25) is 6.79 Å².